The molecule has 1 aromatic rings. The summed E-state index contributed by atoms with van der Waals surface area (Å²) < 4.78 is 9.83. The number of carboxylic acids is 1. The van der Waals surface area contributed by atoms with Gasteiger partial charge in [-0.25, -0.2) is 14.4 Å². The molecule has 1 aromatic carbocycles. The van der Waals surface area contributed by atoms with Gasteiger partial charge in [-0.3, -0.25) is 0 Å². The molecule has 0 radical (unpaired) electrons. The lowest BCUT2D eigenvalue weighted by Crippen LogP contribution is -2.22. The smallest absolute Gasteiger partial charge is 0.422 e. The van der Waals surface area contributed by atoms with Crippen molar-refractivity contribution in [3.8, 4) is 5.75 Å². The first-order valence-corrected chi connectivity index (χ1v) is 8.62. The molecule has 1 rings (SSSR count). The summed E-state index contributed by atoms with van der Waals surface area (Å²) in [6.07, 6.45) is 2.88. The van der Waals surface area contributed by atoms with E-state index in [1.165, 1.54) is 0 Å². The number of ether oxygens (including phenoxy) is 2. The van der Waals surface area contributed by atoms with Gasteiger partial charge in [-0.05, 0) is 18.4 Å². The lowest BCUT2D eigenvalue weighted by molar-refractivity contribution is -0.158. The standard InChI is InChI=1S/C16H17Cl3O6/c1-3-4-5-8(2)7-24-15(22)11-12(19)9(17)6-10(18)13(11)25-16(23)14(20)21/h6,8H,3-5,7H2,1-2H3,(H,20,21). The van der Waals surface area contributed by atoms with Crippen LogP contribution in [0, 0.1) is 5.92 Å². The van der Waals surface area contributed by atoms with Crippen LogP contribution in [0.25, 0.3) is 0 Å². The predicted octanol–water partition coefficient (Wildman–Crippen LogP) is 4.62. The van der Waals surface area contributed by atoms with Gasteiger partial charge >= 0.3 is 17.9 Å². The van der Waals surface area contributed by atoms with E-state index in [9.17, 15) is 14.4 Å². The van der Waals surface area contributed by atoms with Crippen LogP contribution in [0.5, 0.6) is 5.75 Å². The van der Waals surface area contributed by atoms with E-state index in [-0.39, 0.29) is 27.6 Å². The van der Waals surface area contributed by atoms with Gasteiger partial charge in [0.25, 0.3) is 0 Å². The molecule has 9 heteroatoms. The van der Waals surface area contributed by atoms with E-state index in [1.54, 1.807) is 0 Å². The number of carbonyl (C=O) groups excluding carboxylic acids is 2. The van der Waals surface area contributed by atoms with Gasteiger partial charge in [-0.15, -0.1) is 0 Å². The Labute approximate surface area is 159 Å². The van der Waals surface area contributed by atoms with Gasteiger partial charge in [0.05, 0.1) is 21.7 Å². The van der Waals surface area contributed by atoms with Crippen molar-refractivity contribution in [1.82, 2.24) is 0 Å². The molecule has 0 saturated heterocycles. The zero-order valence-electron chi connectivity index (χ0n) is 13.6. The molecule has 6 nitrogen and oxygen atoms in total. The Morgan fingerprint density at radius 2 is 1.84 bits per heavy atom. The second-order valence-electron chi connectivity index (χ2n) is 5.40. The monoisotopic (exact) mass is 410 g/mol. The maximum atomic E-state index is 12.4. The van der Waals surface area contributed by atoms with Crippen LogP contribution < -0.4 is 4.74 Å². The minimum absolute atomic E-state index is 0.0622. The largest absolute Gasteiger partial charge is 0.473 e. The van der Waals surface area contributed by atoms with Crippen LogP contribution in [0.15, 0.2) is 6.07 Å². The van der Waals surface area contributed by atoms with Crippen LogP contribution in [-0.2, 0) is 14.3 Å². The number of hydrogen-bond donors (Lipinski definition) is 1. The Hall–Kier alpha value is -1.50. The summed E-state index contributed by atoms with van der Waals surface area (Å²) >= 11 is 17.8. The van der Waals surface area contributed by atoms with Crippen LogP contribution in [0.1, 0.15) is 43.5 Å². The van der Waals surface area contributed by atoms with Gasteiger partial charge in [0.1, 0.15) is 5.56 Å². The fourth-order valence-corrected chi connectivity index (χ4v) is 2.64. The first kappa shape index (κ1) is 21.5. The van der Waals surface area contributed by atoms with Crippen molar-refractivity contribution in [2.75, 3.05) is 6.61 Å². The summed E-state index contributed by atoms with van der Waals surface area (Å²) in [6.45, 7) is 4.09. The first-order valence-electron chi connectivity index (χ1n) is 7.48. The van der Waals surface area contributed by atoms with Crippen LogP contribution in [0.3, 0.4) is 0 Å². The lowest BCUT2D eigenvalue weighted by atomic mass is 10.1. The highest BCUT2D eigenvalue weighted by molar-refractivity contribution is 6.46. The zero-order chi connectivity index (χ0) is 19.1. The van der Waals surface area contributed by atoms with Crippen molar-refractivity contribution in [3.05, 3.63) is 26.7 Å². The van der Waals surface area contributed by atoms with E-state index in [4.69, 9.17) is 44.6 Å². The maximum Gasteiger partial charge on any atom is 0.422 e. The summed E-state index contributed by atoms with van der Waals surface area (Å²) in [6, 6.07) is 1.14. The highest BCUT2D eigenvalue weighted by Crippen LogP contribution is 2.39. The SMILES string of the molecule is CCCCC(C)COC(=O)c1c(Cl)c(Cl)cc(Cl)c1OC(=O)C(=O)O. The molecule has 0 aliphatic heterocycles. The number of esters is 2. The van der Waals surface area contributed by atoms with E-state index in [1.807, 2.05) is 6.92 Å². The molecular formula is C16H17Cl3O6. The fourth-order valence-electron chi connectivity index (χ4n) is 1.92. The average Bonchev–Trinajstić information content (AvgIpc) is 2.55. The number of aliphatic carboxylic acids is 1. The number of carboxylic acid groups (broad SMARTS) is 1. The quantitative estimate of drug-likeness (QED) is 0.305. The van der Waals surface area contributed by atoms with E-state index in [0.717, 1.165) is 25.3 Å². The van der Waals surface area contributed by atoms with E-state index in [0.29, 0.717) is 0 Å². The molecule has 25 heavy (non-hydrogen) atoms. The second-order valence-corrected chi connectivity index (χ2v) is 6.59. The third-order valence-corrected chi connectivity index (χ3v) is 4.32. The van der Waals surface area contributed by atoms with Crippen molar-refractivity contribution in [2.24, 2.45) is 5.92 Å². The van der Waals surface area contributed by atoms with Gasteiger partial charge in [0.15, 0.2) is 5.75 Å². The van der Waals surface area contributed by atoms with Crippen LogP contribution >= 0.6 is 34.8 Å². The maximum absolute atomic E-state index is 12.4. The lowest BCUT2D eigenvalue weighted by Gasteiger charge is -2.15. The molecule has 0 aliphatic rings. The number of carbonyl (C=O) groups is 3. The molecule has 138 valence electrons. The predicted molar refractivity (Wildman–Crippen MR) is 93.7 cm³/mol. The second kappa shape index (κ2) is 9.85. The third-order valence-electron chi connectivity index (χ3n) is 3.25. The van der Waals surface area contributed by atoms with Crippen molar-refractivity contribution >= 4 is 52.7 Å². The molecule has 0 saturated carbocycles. The van der Waals surface area contributed by atoms with Gasteiger partial charge < -0.3 is 14.6 Å². The Kier molecular flexibility index (Phi) is 8.48. The van der Waals surface area contributed by atoms with Gasteiger partial charge in [-0.1, -0.05) is 61.5 Å². The Morgan fingerprint density at radius 1 is 1.20 bits per heavy atom. The third kappa shape index (κ3) is 6.06. The summed E-state index contributed by atoms with van der Waals surface area (Å²) in [4.78, 5) is 34.3. The van der Waals surface area contributed by atoms with Crippen molar-refractivity contribution < 1.29 is 29.0 Å². The topological polar surface area (TPSA) is 89.9 Å². The van der Waals surface area contributed by atoms with Crippen molar-refractivity contribution in [2.45, 2.75) is 33.1 Å². The van der Waals surface area contributed by atoms with E-state index >= 15 is 0 Å². The summed E-state index contributed by atoms with van der Waals surface area (Å²) in [5, 5.41) is 8.11. The summed E-state index contributed by atoms with van der Waals surface area (Å²) in [5.41, 5.74) is -0.392. The van der Waals surface area contributed by atoms with Crippen LogP contribution in [-0.4, -0.2) is 29.6 Å². The molecule has 0 amide bonds. The van der Waals surface area contributed by atoms with Crippen molar-refractivity contribution in [1.29, 1.82) is 0 Å². The number of benzene rings is 1. The zero-order valence-corrected chi connectivity index (χ0v) is 15.9. The molecule has 1 unspecified atom stereocenters. The number of hydrogen-bond acceptors (Lipinski definition) is 5. The Balaban J connectivity index is 3.08. The minimum atomic E-state index is -1.85. The normalized spacial score (nSPS) is 11.7. The Bertz CT molecular complexity index is 674. The molecule has 1 N–H and O–H groups in total. The fraction of sp³-hybridized carbons (Fsp3) is 0.438. The average molecular weight is 412 g/mol. The Morgan fingerprint density at radius 3 is 2.40 bits per heavy atom. The van der Waals surface area contributed by atoms with E-state index < -0.39 is 29.2 Å². The van der Waals surface area contributed by atoms with Gasteiger partial charge in [-0.2, -0.15) is 0 Å². The van der Waals surface area contributed by atoms with E-state index in [2.05, 4.69) is 11.7 Å². The highest BCUT2D eigenvalue weighted by Gasteiger charge is 2.28. The molecule has 0 fully saturated rings. The molecule has 1 atom stereocenters. The molecule has 0 bridgehead atoms. The first-order chi connectivity index (χ1) is 11.7. The van der Waals surface area contributed by atoms with Crippen LogP contribution in [0.4, 0.5) is 0 Å². The summed E-state index contributed by atoms with van der Waals surface area (Å²) in [7, 11) is 0. The molecule has 0 heterocycles. The van der Waals surface area contributed by atoms with Crippen LogP contribution in [0.2, 0.25) is 15.1 Å². The van der Waals surface area contributed by atoms with Gasteiger partial charge in [0, 0.05) is 0 Å². The molecular weight excluding hydrogens is 395 g/mol. The molecule has 0 aliphatic carbocycles. The number of unbranched alkanes of at least 4 members (excludes halogenated alkanes) is 1. The minimum Gasteiger partial charge on any atom is -0.473 e. The van der Waals surface area contributed by atoms with Gasteiger partial charge in [0.2, 0.25) is 0 Å². The molecule has 0 spiro atoms. The van der Waals surface area contributed by atoms with Crippen molar-refractivity contribution in [3.63, 3.8) is 0 Å². The number of halogens is 3. The molecule has 0 aromatic heterocycles. The highest BCUT2D eigenvalue weighted by atomic mass is 35.5. The summed E-state index contributed by atoms with van der Waals surface area (Å²) in [5.74, 6) is -4.77. The number of rotatable bonds is 7.